The van der Waals surface area contributed by atoms with Crippen LogP contribution in [0.1, 0.15) is 57.0 Å². The van der Waals surface area contributed by atoms with Gasteiger partial charge in [0.15, 0.2) is 0 Å². The number of piperidine rings is 1. The van der Waals surface area contributed by atoms with Crippen LogP contribution in [0.25, 0.3) is 0 Å². The highest BCUT2D eigenvalue weighted by Crippen LogP contribution is 2.36. The van der Waals surface area contributed by atoms with Crippen molar-refractivity contribution in [3.63, 3.8) is 0 Å². The van der Waals surface area contributed by atoms with Crippen molar-refractivity contribution in [2.24, 2.45) is 5.92 Å². The second-order valence-corrected chi connectivity index (χ2v) is 6.37. The first-order chi connectivity index (χ1) is 9.86. The van der Waals surface area contributed by atoms with Crippen LogP contribution in [0.4, 0.5) is 0 Å². The second kappa shape index (κ2) is 6.77. The Labute approximate surface area is 122 Å². The van der Waals surface area contributed by atoms with Crippen LogP contribution >= 0.6 is 0 Å². The minimum absolute atomic E-state index is 0.819. The summed E-state index contributed by atoms with van der Waals surface area (Å²) in [7, 11) is 0. The van der Waals surface area contributed by atoms with Crippen molar-refractivity contribution in [3.8, 4) is 0 Å². The molecule has 0 amide bonds. The molecule has 0 spiro atoms. The molecule has 0 radical (unpaired) electrons. The van der Waals surface area contributed by atoms with Crippen LogP contribution in [0.3, 0.4) is 0 Å². The van der Waals surface area contributed by atoms with Gasteiger partial charge in [-0.25, -0.2) is 0 Å². The van der Waals surface area contributed by atoms with Gasteiger partial charge in [0.2, 0.25) is 0 Å². The molecule has 2 atom stereocenters. The van der Waals surface area contributed by atoms with Gasteiger partial charge in [-0.05, 0) is 56.8 Å². The molecule has 0 aromatic carbocycles. The third-order valence-corrected chi connectivity index (χ3v) is 4.98. The van der Waals surface area contributed by atoms with Crippen molar-refractivity contribution >= 4 is 0 Å². The quantitative estimate of drug-likeness (QED) is 0.891. The number of hydrogen-bond acceptors (Lipinski definition) is 3. The first kappa shape index (κ1) is 14.2. The zero-order valence-electron chi connectivity index (χ0n) is 12.7. The fourth-order valence-electron chi connectivity index (χ4n) is 3.97. The lowest BCUT2D eigenvalue weighted by Crippen LogP contribution is -2.46. The molecule has 3 rings (SSSR count). The van der Waals surface area contributed by atoms with E-state index < -0.39 is 0 Å². The number of rotatable bonds is 5. The third kappa shape index (κ3) is 3.26. The molecule has 0 bridgehead atoms. The lowest BCUT2D eigenvalue weighted by Gasteiger charge is -2.43. The average molecular weight is 276 g/mol. The molecule has 3 nitrogen and oxygen atoms in total. The van der Waals surface area contributed by atoms with Crippen LogP contribution in [0, 0.1) is 5.92 Å². The number of nitrogens with one attached hydrogen (secondary N) is 1. The van der Waals surface area contributed by atoms with E-state index in [0.29, 0.717) is 0 Å². The summed E-state index contributed by atoms with van der Waals surface area (Å²) < 4.78 is 5.96. The van der Waals surface area contributed by atoms with Crippen molar-refractivity contribution < 1.29 is 4.42 Å². The molecule has 1 saturated heterocycles. The highest BCUT2D eigenvalue weighted by Gasteiger charge is 2.33. The van der Waals surface area contributed by atoms with E-state index in [1.807, 2.05) is 0 Å². The maximum atomic E-state index is 5.96. The summed E-state index contributed by atoms with van der Waals surface area (Å²) in [6, 6.07) is 5.11. The molecule has 1 aliphatic carbocycles. The molecule has 1 aliphatic heterocycles. The van der Waals surface area contributed by atoms with Gasteiger partial charge in [-0.15, -0.1) is 0 Å². The zero-order chi connectivity index (χ0) is 13.8. The Morgan fingerprint density at radius 2 is 1.95 bits per heavy atom. The largest absolute Gasteiger partial charge is 0.463 e. The molecule has 20 heavy (non-hydrogen) atoms. The number of nitrogens with zero attached hydrogens (tertiary/aromatic N) is 1. The minimum atomic E-state index is 0.819. The summed E-state index contributed by atoms with van der Waals surface area (Å²) >= 11 is 0. The molecule has 1 saturated carbocycles. The van der Waals surface area contributed by atoms with Crippen molar-refractivity contribution in [2.75, 3.05) is 13.1 Å². The Balaban J connectivity index is 1.59. The van der Waals surface area contributed by atoms with Crippen molar-refractivity contribution in [2.45, 2.75) is 64.6 Å². The Bertz CT molecular complexity index is 413. The SMILES string of the molecule is CCNCc1ccc(CN2CCC[C@H]3CCCC[C@H]32)o1. The molecule has 1 N–H and O–H groups in total. The lowest BCUT2D eigenvalue weighted by molar-refractivity contribution is 0.0492. The summed E-state index contributed by atoms with van der Waals surface area (Å²) in [5, 5.41) is 3.32. The molecule has 3 heteroatoms. The molecular weight excluding hydrogens is 248 g/mol. The fourth-order valence-corrected chi connectivity index (χ4v) is 3.97. The Hall–Kier alpha value is -0.800. The van der Waals surface area contributed by atoms with Gasteiger partial charge >= 0.3 is 0 Å². The summed E-state index contributed by atoms with van der Waals surface area (Å²) in [5.41, 5.74) is 0. The third-order valence-electron chi connectivity index (χ3n) is 4.98. The number of likely N-dealkylation sites (tertiary alicyclic amines) is 1. The lowest BCUT2D eigenvalue weighted by atomic mass is 9.78. The first-order valence-electron chi connectivity index (χ1n) is 8.39. The molecule has 2 aliphatic rings. The standard InChI is InChI=1S/C17H28N2O/c1-2-18-12-15-9-10-16(20-15)13-19-11-5-7-14-6-3-4-8-17(14)19/h9-10,14,17-18H,2-8,11-13H2,1H3/t14-,17-/m1/s1. The highest BCUT2D eigenvalue weighted by molar-refractivity contribution is 5.07. The van der Waals surface area contributed by atoms with E-state index in [4.69, 9.17) is 4.42 Å². The van der Waals surface area contributed by atoms with Gasteiger partial charge in [0.25, 0.3) is 0 Å². The summed E-state index contributed by atoms with van der Waals surface area (Å²) in [5.74, 6) is 3.16. The summed E-state index contributed by atoms with van der Waals surface area (Å²) in [4.78, 5) is 2.68. The summed E-state index contributed by atoms with van der Waals surface area (Å²) in [6.45, 7) is 6.23. The van der Waals surface area contributed by atoms with E-state index in [9.17, 15) is 0 Å². The van der Waals surface area contributed by atoms with Crippen molar-refractivity contribution in [1.82, 2.24) is 10.2 Å². The number of hydrogen-bond donors (Lipinski definition) is 1. The number of fused-ring (bicyclic) bond motifs is 1. The minimum Gasteiger partial charge on any atom is -0.463 e. The molecule has 2 fully saturated rings. The molecule has 1 aromatic heterocycles. The van der Waals surface area contributed by atoms with Gasteiger partial charge in [-0.2, -0.15) is 0 Å². The molecule has 1 aromatic rings. The van der Waals surface area contributed by atoms with Gasteiger partial charge in [0.05, 0.1) is 13.1 Å². The van der Waals surface area contributed by atoms with Gasteiger partial charge in [-0.3, -0.25) is 4.90 Å². The van der Waals surface area contributed by atoms with E-state index in [-0.39, 0.29) is 0 Å². The molecule has 112 valence electrons. The predicted molar refractivity (Wildman–Crippen MR) is 81.5 cm³/mol. The van der Waals surface area contributed by atoms with Crippen LogP contribution in [0.2, 0.25) is 0 Å². The predicted octanol–water partition coefficient (Wildman–Crippen LogP) is 3.54. The zero-order valence-corrected chi connectivity index (χ0v) is 12.7. The van der Waals surface area contributed by atoms with Crippen LogP contribution in [-0.2, 0) is 13.1 Å². The first-order valence-corrected chi connectivity index (χ1v) is 8.39. The van der Waals surface area contributed by atoms with Gasteiger partial charge in [0, 0.05) is 6.04 Å². The fraction of sp³-hybridized carbons (Fsp3) is 0.765. The Kier molecular flexibility index (Phi) is 4.79. The van der Waals surface area contributed by atoms with Gasteiger partial charge < -0.3 is 9.73 Å². The van der Waals surface area contributed by atoms with E-state index in [2.05, 4.69) is 29.3 Å². The maximum absolute atomic E-state index is 5.96. The average Bonchev–Trinajstić information content (AvgIpc) is 2.93. The summed E-state index contributed by atoms with van der Waals surface area (Å²) in [6.07, 6.45) is 8.53. The molecule has 0 unspecified atom stereocenters. The van der Waals surface area contributed by atoms with Crippen LogP contribution in [-0.4, -0.2) is 24.0 Å². The van der Waals surface area contributed by atoms with E-state index in [1.54, 1.807) is 0 Å². The normalized spacial score (nSPS) is 27.4. The topological polar surface area (TPSA) is 28.4 Å². The van der Waals surface area contributed by atoms with Crippen molar-refractivity contribution in [1.29, 1.82) is 0 Å². The van der Waals surface area contributed by atoms with Gasteiger partial charge in [0.1, 0.15) is 11.5 Å². The maximum Gasteiger partial charge on any atom is 0.118 e. The highest BCUT2D eigenvalue weighted by atomic mass is 16.3. The molecular formula is C17H28N2O. The van der Waals surface area contributed by atoms with Crippen LogP contribution in [0.5, 0.6) is 0 Å². The second-order valence-electron chi connectivity index (χ2n) is 6.37. The smallest absolute Gasteiger partial charge is 0.118 e. The van der Waals surface area contributed by atoms with Crippen LogP contribution < -0.4 is 5.32 Å². The Morgan fingerprint density at radius 3 is 2.85 bits per heavy atom. The van der Waals surface area contributed by atoms with E-state index >= 15 is 0 Å². The number of furan rings is 1. The van der Waals surface area contributed by atoms with Crippen molar-refractivity contribution in [3.05, 3.63) is 23.7 Å². The molecule has 2 heterocycles. The monoisotopic (exact) mass is 276 g/mol. The van der Waals surface area contributed by atoms with Gasteiger partial charge in [-0.1, -0.05) is 19.8 Å². The van der Waals surface area contributed by atoms with E-state index in [0.717, 1.165) is 43.1 Å². The van der Waals surface area contributed by atoms with Crippen LogP contribution in [0.15, 0.2) is 16.5 Å². The van der Waals surface area contributed by atoms with E-state index in [1.165, 1.54) is 45.1 Å². The Morgan fingerprint density at radius 1 is 1.15 bits per heavy atom.